The first-order valence-corrected chi connectivity index (χ1v) is 7.59. The SMILES string of the molecule is CCC[C@@H](C)[C@@H](CC)C[C@H]1OC(C)(C)OC1(C)C. The van der Waals surface area contributed by atoms with E-state index in [1.165, 1.54) is 19.3 Å². The molecule has 0 saturated carbocycles. The number of hydrogen-bond acceptors (Lipinski definition) is 2. The van der Waals surface area contributed by atoms with Gasteiger partial charge in [-0.15, -0.1) is 0 Å². The minimum absolute atomic E-state index is 0.164. The summed E-state index contributed by atoms with van der Waals surface area (Å²) in [5, 5.41) is 0. The van der Waals surface area contributed by atoms with Crippen LogP contribution in [-0.2, 0) is 9.47 Å². The van der Waals surface area contributed by atoms with E-state index in [9.17, 15) is 0 Å². The van der Waals surface area contributed by atoms with Gasteiger partial charge in [0.05, 0.1) is 11.7 Å². The van der Waals surface area contributed by atoms with Gasteiger partial charge in [0.2, 0.25) is 0 Å². The lowest BCUT2D eigenvalue weighted by Crippen LogP contribution is -2.35. The molecule has 1 heterocycles. The molecule has 0 aromatic heterocycles. The molecule has 1 aliphatic rings. The smallest absolute Gasteiger partial charge is 0.164 e. The molecule has 0 aliphatic carbocycles. The van der Waals surface area contributed by atoms with E-state index in [4.69, 9.17) is 9.47 Å². The molecule has 18 heavy (non-hydrogen) atoms. The maximum Gasteiger partial charge on any atom is 0.164 e. The van der Waals surface area contributed by atoms with Crippen LogP contribution >= 0.6 is 0 Å². The molecule has 1 rings (SSSR count). The fraction of sp³-hybridized carbons (Fsp3) is 1.00. The van der Waals surface area contributed by atoms with Crippen molar-refractivity contribution in [3.63, 3.8) is 0 Å². The zero-order chi connectivity index (χ0) is 14.0. The quantitative estimate of drug-likeness (QED) is 0.681. The molecule has 2 nitrogen and oxygen atoms in total. The predicted molar refractivity (Wildman–Crippen MR) is 76.6 cm³/mol. The van der Waals surface area contributed by atoms with Crippen LogP contribution in [0.2, 0.25) is 0 Å². The van der Waals surface area contributed by atoms with Crippen molar-refractivity contribution < 1.29 is 9.47 Å². The summed E-state index contributed by atoms with van der Waals surface area (Å²) in [5.74, 6) is 1.09. The number of rotatable bonds is 6. The van der Waals surface area contributed by atoms with Crippen molar-refractivity contribution in [1.82, 2.24) is 0 Å². The zero-order valence-corrected chi connectivity index (χ0v) is 13.4. The van der Waals surface area contributed by atoms with E-state index in [0.717, 1.165) is 18.3 Å². The topological polar surface area (TPSA) is 18.5 Å². The van der Waals surface area contributed by atoms with Gasteiger partial charge in [0.1, 0.15) is 0 Å². The fourth-order valence-electron chi connectivity index (χ4n) is 3.31. The van der Waals surface area contributed by atoms with Crippen LogP contribution in [0.5, 0.6) is 0 Å². The second-order valence-electron chi connectivity index (χ2n) is 6.88. The normalized spacial score (nSPS) is 29.2. The van der Waals surface area contributed by atoms with E-state index < -0.39 is 5.79 Å². The molecule has 0 bridgehead atoms. The van der Waals surface area contributed by atoms with E-state index in [-0.39, 0.29) is 11.7 Å². The average molecular weight is 256 g/mol. The van der Waals surface area contributed by atoms with Crippen molar-refractivity contribution in [1.29, 1.82) is 0 Å². The lowest BCUT2D eigenvalue weighted by molar-refractivity contribution is -0.158. The number of hydrogen-bond donors (Lipinski definition) is 0. The van der Waals surface area contributed by atoms with Crippen LogP contribution < -0.4 is 0 Å². The Morgan fingerprint density at radius 3 is 2.11 bits per heavy atom. The molecule has 2 heteroatoms. The Bertz CT molecular complexity index is 258. The standard InChI is InChI=1S/C16H32O2/c1-8-10-12(3)13(9-2)11-14-15(4,5)18-16(6,7)17-14/h12-14H,8-11H2,1-7H3/t12-,13+,14-/m1/s1. The Hall–Kier alpha value is -0.0800. The molecule has 0 amide bonds. The van der Waals surface area contributed by atoms with E-state index in [2.05, 4.69) is 34.6 Å². The van der Waals surface area contributed by atoms with Gasteiger partial charge in [0, 0.05) is 0 Å². The van der Waals surface area contributed by atoms with Crippen molar-refractivity contribution in [2.45, 2.75) is 91.6 Å². The van der Waals surface area contributed by atoms with Gasteiger partial charge >= 0.3 is 0 Å². The van der Waals surface area contributed by atoms with Gasteiger partial charge in [0.25, 0.3) is 0 Å². The molecule has 3 atom stereocenters. The second-order valence-corrected chi connectivity index (χ2v) is 6.88. The van der Waals surface area contributed by atoms with Crippen LogP contribution in [0.25, 0.3) is 0 Å². The van der Waals surface area contributed by atoms with Crippen LogP contribution in [0.1, 0.15) is 74.1 Å². The van der Waals surface area contributed by atoms with Crippen molar-refractivity contribution in [3.8, 4) is 0 Å². The summed E-state index contributed by atoms with van der Waals surface area (Å²) < 4.78 is 12.1. The summed E-state index contributed by atoms with van der Waals surface area (Å²) in [6, 6.07) is 0. The lowest BCUT2D eigenvalue weighted by atomic mass is 9.81. The van der Waals surface area contributed by atoms with Crippen LogP contribution in [0.4, 0.5) is 0 Å². The highest BCUT2D eigenvalue weighted by molar-refractivity contribution is 4.90. The van der Waals surface area contributed by atoms with Crippen molar-refractivity contribution in [2.24, 2.45) is 11.8 Å². The summed E-state index contributed by atoms with van der Waals surface area (Å²) in [6.07, 6.45) is 5.16. The molecule has 1 aliphatic heterocycles. The Labute approximate surface area is 113 Å². The zero-order valence-electron chi connectivity index (χ0n) is 13.4. The van der Waals surface area contributed by atoms with Crippen LogP contribution in [0.3, 0.4) is 0 Å². The molecule has 1 fully saturated rings. The maximum absolute atomic E-state index is 6.10. The molecule has 0 aromatic rings. The maximum atomic E-state index is 6.10. The average Bonchev–Trinajstić information content (AvgIpc) is 2.43. The minimum atomic E-state index is -0.430. The Kier molecular flexibility index (Phi) is 5.25. The molecule has 1 saturated heterocycles. The predicted octanol–water partition coefficient (Wildman–Crippen LogP) is 4.77. The summed E-state index contributed by atoms with van der Waals surface area (Å²) in [7, 11) is 0. The lowest BCUT2D eigenvalue weighted by Gasteiger charge is -2.30. The van der Waals surface area contributed by atoms with E-state index in [1.807, 2.05) is 13.8 Å². The summed E-state index contributed by atoms with van der Waals surface area (Å²) in [6.45, 7) is 15.3. The van der Waals surface area contributed by atoms with Gasteiger partial charge in [-0.3, -0.25) is 0 Å². The molecule has 108 valence electrons. The van der Waals surface area contributed by atoms with Gasteiger partial charge in [0.15, 0.2) is 5.79 Å². The third-order valence-corrected chi connectivity index (χ3v) is 4.30. The third kappa shape index (κ3) is 3.96. The monoisotopic (exact) mass is 256 g/mol. The molecule has 0 spiro atoms. The molecule has 0 unspecified atom stereocenters. The van der Waals surface area contributed by atoms with Gasteiger partial charge < -0.3 is 9.47 Å². The fourth-order valence-corrected chi connectivity index (χ4v) is 3.31. The molecule has 0 radical (unpaired) electrons. The Morgan fingerprint density at radius 2 is 1.72 bits per heavy atom. The van der Waals surface area contributed by atoms with Gasteiger partial charge in [-0.1, -0.05) is 40.0 Å². The first-order chi connectivity index (χ1) is 8.22. The van der Waals surface area contributed by atoms with Crippen LogP contribution in [0, 0.1) is 11.8 Å². The first-order valence-electron chi connectivity index (χ1n) is 7.59. The highest BCUT2D eigenvalue weighted by Crippen LogP contribution is 2.40. The number of ether oxygens (including phenoxy) is 2. The Balaban J connectivity index is 2.65. The molecule has 0 N–H and O–H groups in total. The minimum Gasteiger partial charge on any atom is -0.344 e. The van der Waals surface area contributed by atoms with Gasteiger partial charge in [-0.2, -0.15) is 0 Å². The van der Waals surface area contributed by atoms with E-state index in [0.29, 0.717) is 0 Å². The van der Waals surface area contributed by atoms with Gasteiger partial charge in [-0.25, -0.2) is 0 Å². The largest absolute Gasteiger partial charge is 0.344 e. The van der Waals surface area contributed by atoms with E-state index in [1.54, 1.807) is 0 Å². The molecular weight excluding hydrogens is 224 g/mol. The van der Waals surface area contributed by atoms with Crippen molar-refractivity contribution >= 4 is 0 Å². The summed E-state index contributed by atoms with van der Waals surface area (Å²) in [4.78, 5) is 0. The second kappa shape index (κ2) is 5.92. The van der Waals surface area contributed by atoms with Crippen LogP contribution in [-0.4, -0.2) is 17.5 Å². The highest BCUT2D eigenvalue weighted by Gasteiger charge is 2.47. The first kappa shape index (κ1) is 16.0. The summed E-state index contributed by atoms with van der Waals surface area (Å²) in [5.41, 5.74) is -0.164. The summed E-state index contributed by atoms with van der Waals surface area (Å²) >= 11 is 0. The molecular formula is C16H32O2. The van der Waals surface area contributed by atoms with Gasteiger partial charge in [-0.05, 0) is 46.0 Å². The third-order valence-electron chi connectivity index (χ3n) is 4.30. The Morgan fingerprint density at radius 1 is 1.11 bits per heavy atom. The highest BCUT2D eigenvalue weighted by atomic mass is 16.8. The van der Waals surface area contributed by atoms with Crippen LogP contribution in [0.15, 0.2) is 0 Å². The van der Waals surface area contributed by atoms with Crippen molar-refractivity contribution in [2.75, 3.05) is 0 Å². The van der Waals surface area contributed by atoms with E-state index >= 15 is 0 Å². The molecule has 0 aromatic carbocycles. The van der Waals surface area contributed by atoms with Crippen molar-refractivity contribution in [3.05, 3.63) is 0 Å².